The fraction of sp³-hybridized carbons (Fsp3) is 0.562. The lowest BCUT2D eigenvalue weighted by Crippen LogP contribution is -2.36. The number of anilines is 2. The molecule has 0 heterocycles. The first-order valence-electron chi connectivity index (χ1n) is 15.4. The maximum Gasteiger partial charge on any atom is 0.697 e. The molecule has 6 N–H and O–H groups in total. The number of nitrogens with two attached hydrogens (primary N) is 2. The van der Waals surface area contributed by atoms with Gasteiger partial charge in [0.2, 0.25) is 11.8 Å². The van der Waals surface area contributed by atoms with Gasteiger partial charge in [0.1, 0.15) is 13.2 Å². The lowest BCUT2D eigenvalue weighted by Gasteiger charge is -2.12. The standard InChI is InChI=1S/C32H49N4O5P/c1-3-5-7-9-13-25-15-11-17-27(23-25)35-31(37)29(33)19-21-40-42(39)41-22-20-30(34)32(38)36-28-18-12-16-26(24-28)14-10-8-6-4-2/h11-12,15-18,23-24,29-30H,3-10,13-14,19-22,33-34H2,1-2H3,(H-,35,36,37,38)/p+1. The molecule has 0 spiro atoms. The Morgan fingerprint density at radius 2 is 1.14 bits per heavy atom. The van der Waals surface area contributed by atoms with E-state index in [0.717, 1.165) is 25.7 Å². The van der Waals surface area contributed by atoms with E-state index in [1.54, 1.807) is 0 Å². The SMILES string of the molecule is CCCCCCc1cccc(NC(=O)C(N)CCO[P+](=O)OCCC(N)C(=O)Nc2cccc(CCCCCC)c2)c1. The summed E-state index contributed by atoms with van der Waals surface area (Å²) in [4.78, 5) is 25.0. The van der Waals surface area contributed by atoms with E-state index in [1.807, 2.05) is 36.4 Å². The molecule has 0 aliphatic carbocycles. The summed E-state index contributed by atoms with van der Waals surface area (Å²) in [5.74, 6) is -0.672. The predicted octanol–water partition coefficient (Wildman–Crippen LogP) is 6.63. The molecular formula is C32H50N4O5P+. The van der Waals surface area contributed by atoms with Crippen LogP contribution in [0.4, 0.5) is 11.4 Å². The number of hydrogen-bond donors (Lipinski definition) is 4. The molecule has 9 nitrogen and oxygen atoms in total. The van der Waals surface area contributed by atoms with Crippen LogP contribution in [0.5, 0.6) is 0 Å². The highest BCUT2D eigenvalue weighted by Crippen LogP contribution is 2.24. The van der Waals surface area contributed by atoms with E-state index in [9.17, 15) is 14.2 Å². The lowest BCUT2D eigenvalue weighted by atomic mass is 10.1. The Kier molecular flexibility index (Phi) is 17.8. The third kappa shape index (κ3) is 15.0. The van der Waals surface area contributed by atoms with E-state index in [4.69, 9.17) is 20.5 Å². The molecule has 42 heavy (non-hydrogen) atoms. The lowest BCUT2D eigenvalue weighted by molar-refractivity contribution is -0.118. The summed E-state index contributed by atoms with van der Waals surface area (Å²) in [6, 6.07) is 13.9. The van der Waals surface area contributed by atoms with Gasteiger partial charge < -0.3 is 22.1 Å². The molecule has 2 unspecified atom stereocenters. The second-order valence-electron chi connectivity index (χ2n) is 10.7. The average Bonchev–Trinajstić information content (AvgIpc) is 2.98. The summed E-state index contributed by atoms with van der Waals surface area (Å²) >= 11 is 0. The van der Waals surface area contributed by atoms with E-state index in [1.165, 1.54) is 49.7 Å². The summed E-state index contributed by atoms with van der Waals surface area (Å²) in [6.07, 6.45) is 11.8. The zero-order chi connectivity index (χ0) is 30.6. The number of rotatable bonds is 22. The zero-order valence-corrected chi connectivity index (χ0v) is 26.2. The van der Waals surface area contributed by atoms with Crippen LogP contribution in [0, 0.1) is 0 Å². The maximum absolute atomic E-state index is 12.5. The summed E-state index contributed by atoms with van der Waals surface area (Å²) in [6.45, 7) is 4.35. The van der Waals surface area contributed by atoms with Gasteiger partial charge in [0, 0.05) is 15.9 Å². The third-order valence-electron chi connectivity index (χ3n) is 6.95. The molecule has 0 aliphatic heterocycles. The smallest absolute Gasteiger partial charge is 0.325 e. The Morgan fingerprint density at radius 3 is 1.55 bits per heavy atom. The van der Waals surface area contributed by atoms with Crippen LogP contribution in [0.3, 0.4) is 0 Å². The number of amides is 2. The fourth-order valence-electron chi connectivity index (χ4n) is 4.40. The normalized spacial score (nSPS) is 12.9. The van der Waals surface area contributed by atoms with Gasteiger partial charge in [0.25, 0.3) is 0 Å². The number of hydrogen-bond acceptors (Lipinski definition) is 7. The number of carbonyl (C=O) groups is 2. The molecule has 2 atom stereocenters. The maximum atomic E-state index is 12.5. The van der Waals surface area contributed by atoms with E-state index < -0.39 is 20.3 Å². The van der Waals surface area contributed by atoms with Crippen molar-refractivity contribution < 1.29 is 23.2 Å². The van der Waals surface area contributed by atoms with Crippen LogP contribution in [0.1, 0.15) is 89.2 Å². The van der Waals surface area contributed by atoms with Gasteiger partial charge in [-0.1, -0.05) is 76.6 Å². The molecule has 0 bridgehead atoms. The second kappa shape index (κ2) is 21.1. The first-order valence-corrected chi connectivity index (χ1v) is 16.5. The first kappa shape index (κ1) is 35.5. The van der Waals surface area contributed by atoms with Crippen molar-refractivity contribution in [3.8, 4) is 0 Å². The minimum Gasteiger partial charge on any atom is -0.325 e. The summed E-state index contributed by atoms with van der Waals surface area (Å²) in [7, 11) is -2.43. The van der Waals surface area contributed by atoms with Crippen molar-refractivity contribution in [1.82, 2.24) is 0 Å². The fourth-order valence-corrected chi connectivity index (χ4v) is 4.98. The van der Waals surface area contributed by atoms with Gasteiger partial charge in [-0.3, -0.25) is 9.59 Å². The Hall–Kier alpha value is -2.68. The van der Waals surface area contributed by atoms with Crippen LogP contribution < -0.4 is 22.1 Å². The molecule has 0 radical (unpaired) electrons. The van der Waals surface area contributed by atoms with Crippen LogP contribution in [0.15, 0.2) is 48.5 Å². The molecule has 2 aromatic carbocycles. The number of benzene rings is 2. The van der Waals surface area contributed by atoms with E-state index in [0.29, 0.717) is 11.4 Å². The summed E-state index contributed by atoms with van der Waals surface area (Å²) in [5.41, 5.74) is 15.7. The van der Waals surface area contributed by atoms with E-state index >= 15 is 0 Å². The third-order valence-corrected chi connectivity index (χ3v) is 7.74. The second-order valence-corrected chi connectivity index (χ2v) is 11.6. The van der Waals surface area contributed by atoms with Gasteiger partial charge in [0.15, 0.2) is 0 Å². The molecule has 2 amide bonds. The highest BCUT2D eigenvalue weighted by atomic mass is 31.1. The number of unbranched alkanes of at least 4 members (excludes halogenated alkanes) is 6. The number of carbonyl (C=O) groups excluding carboxylic acids is 2. The van der Waals surface area contributed by atoms with Gasteiger partial charge in [-0.05, 0) is 73.9 Å². The monoisotopic (exact) mass is 601 g/mol. The van der Waals surface area contributed by atoms with Gasteiger partial charge in [-0.15, -0.1) is 9.05 Å². The quantitative estimate of drug-likeness (QED) is 0.0875. The molecule has 0 aliphatic rings. The van der Waals surface area contributed by atoms with E-state index in [2.05, 4.69) is 36.6 Å². The molecule has 2 rings (SSSR count). The van der Waals surface area contributed by atoms with Crippen molar-refractivity contribution in [2.24, 2.45) is 11.5 Å². The van der Waals surface area contributed by atoms with Crippen LogP contribution in [0.25, 0.3) is 0 Å². The van der Waals surface area contributed by atoms with Crippen molar-refractivity contribution in [2.75, 3.05) is 23.8 Å². The molecule has 0 aromatic heterocycles. The average molecular weight is 602 g/mol. The zero-order valence-electron chi connectivity index (χ0n) is 25.3. The van der Waals surface area contributed by atoms with Crippen molar-refractivity contribution in [3.63, 3.8) is 0 Å². The van der Waals surface area contributed by atoms with Crippen LogP contribution >= 0.6 is 8.25 Å². The topological polar surface area (TPSA) is 146 Å². The molecular weight excluding hydrogens is 551 g/mol. The highest BCUT2D eigenvalue weighted by molar-refractivity contribution is 7.33. The Bertz CT molecular complexity index is 1020. The van der Waals surface area contributed by atoms with Crippen LogP contribution in [-0.2, 0) is 36.0 Å². The molecule has 0 saturated carbocycles. The molecule has 0 fully saturated rings. The summed E-state index contributed by atoms with van der Waals surface area (Å²) in [5, 5.41) is 5.68. The van der Waals surface area contributed by atoms with Gasteiger partial charge in [-0.25, -0.2) is 0 Å². The number of aryl methyl sites for hydroxylation is 2. The Labute approximate surface area is 252 Å². The molecule has 0 saturated heterocycles. The minimum absolute atomic E-state index is 0.0113. The highest BCUT2D eigenvalue weighted by Gasteiger charge is 2.24. The Balaban J connectivity index is 1.62. The predicted molar refractivity (Wildman–Crippen MR) is 171 cm³/mol. The summed E-state index contributed by atoms with van der Waals surface area (Å²) < 4.78 is 22.4. The molecule has 2 aromatic rings. The van der Waals surface area contributed by atoms with Crippen molar-refractivity contribution in [2.45, 2.75) is 103 Å². The van der Waals surface area contributed by atoms with Crippen molar-refractivity contribution in [1.29, 1.82) is 0 Å². The molecule has 10 heteroatoms. The Morgan fingerprint density at radius 1 is 0.714 bits per heavy atom. The van der Waals surface area contributed by atoms with Gasteiger partial charge >= 0.3 is 8.25 Å². The minimum atomic E-state index is -2.43. The largest absolute Gasteiger partial charge is 0.697 e. The van der Waals surface area contributed by atoms with Gasteiger partial charge in [0.05, 0.1) is 12.1 Å². The number of nitrogens with one attached hydrogen (secondary N) is 2. The van der Waals surface area contributed by atoms with Gasteiger partial charge in [-0.2, -0.15) is 0 Å². The van der Waals surface area contributed by atoms with Crippen LogP contribution in [-0.4, -0.2) is 37.1 Å². The molecule has 232 valence electrons. The van der Waals surface area contributed by atoms with E-state index in [-0.39, 0.29) is 37.9 Å². The first-order chi connectivity index (χ1) is 20.3. The van der Waals surface area contributed by atoms with Crippen molar-refractivity contribution >= 4 is 31.4 Å². The van der Waals surface area contributed by atoms with Crippen LogP contribution in [0.2, 0.25) is 0 Å². The van der Waals surface area contributed by atoms with Crippen molar-refractivity contribution in [3.05, 3.63) is 59.7 Å².